The van der Waals surface area contributed by atoms with Crippen LogP contribution in [0.2, 0.25) is 0 Å². The summed E-state index contributed by atoms with van der Waals surface area (Å²) in [6.07, 6.45) is -3.60. The molecule has 0 radical (unpaired) electrons. The number of halogens is 4. The number of benzene rings is 1. The predicted molar refractivity (Wildman–Crippen MR) is 54.1 cm³/mol. The van der Waals surface area contributed by atoms with E-state index in [0.29, 0.717) is 24.1 Å². The highest BCUT2D eigenvalue weighted by atomic mass is 19.4. The van der Waals surface area contributed by atoms with E-state index < -0.39 is 17.6 Å². The van der Waals surface area contributed by atoms with Crippen LogP contribution in [0, 0.1) is 11.7 Å². The van der Waals surface area contributed by atoms with Gasteiger partial charge in [0.15, 0.2) is 0 Å². The van der Waals surface area contributed by atoms with Crippen molar-refractivity contribution in [2.75, 3.05) is 13.1 Å². The Balaban J connectivity index is 1.98. The molecule has 1 aromatic rings. The highest BCUT2D eigenvalue weighted by molar-refractivity contribution is 5.40. The Labute approximate surface area is 95.8 Å². The van der Waals surface area contributed by atoms with Crippen molar-refractivity contribution < 1.29 is 17.6 Å². The average molecular weight is 245 g/mol. The van der Waals surface area contributed by atoms with Gasteiger partial charge in [0.1, 0.15) is 5.82 Å². The van der Waals surface area contributed by atoms with Gasteiger partial charge in [-0.15, -0.1) is 0 Å². The molecule has 17 heavy (non-hydrogen) atoms. The van der Waals surface area contributed by atoms with Crippen LogP contribution in [-0.2, 0) is 11.6 Å². The summed E-state index contributed by atoms with van der Waals surface area (Å²) in [5.74, 6) is -0.347. The second kappa shape index (κ2) is 3.22. The number of hydrogen-bond acceptors (Lipinski definition) is 1. The van der Waals surface area contributed by atoms with Crippen molar-refractivity contribution in [3.63, 3.8) is 0 Å². The van der Waals surface area contributed by atoms with E-state index >= 15 is 0 Å². The molecule has 0 aromatic heterocycles. The first-order valence-electron chi connectivity index (χ1n) is 5.51. The third-order valence-corrected chi connectivity index (χ3v) is 3.90. The molecule has 2 fully saturated rings. The molecule has 92 valence electrons. The summed E-state index contributed by atoms with van der Waals surface area (Å²) in [4.78, 5) is 0. The molecule has 3 rings (SSSR count). The molecule has 5 heteroatoms. The molecule has 1 aliphatic heterocycles. The van der Waals surface area contributed by atoms with Crippen molar-refractivity contribution in [1.29, 1.82) is 0 Å². The van der Waals surface area contributed by atoms with Crippen LogP contribution in [0.3, 0.4) is 0 Å². The molecule has 2 atom stereocenters. The highest BCUT2D eigenvalue weighted by Gasteiger charge is 2.59. The zero-order valence-corrected chi connectivity index (χ0v) is 8.94. The highest BCUT2D eigenvalue weighted by Crippen LogP contribution is 2.57. The van der Waals surface area contributed by atoms with Gasteiger partial charge in [-0.1, -0.05) is 6.07 Å². The van der Waals surface area contributed by atoms with Crippen LogP contribution in [-0.4, -0.2) is 13.1 Å². The van der Waals surface area contributed by atoms with Crippen LogP contribution in [0.5, 0.6) is 0 Å². The summed E-state index contributed by atoms with van der Waals surface area (Å²) in [7, 11) is 0. The summed E-state index contributed by atoms with van der Waals surface area (Å²) >= 11 is 0. The molecule has 1 aliphatic carbocycles. The number of fused-ring (bicyclic) bond motifs is 1. The Hall–Kier alpha value is -1.10. The van der Waals surface area contributed by atoms with E-state index in [9.17, 15) is 17.6 Å². The Bertz CT molecular complexity index is 468. The summed E-state index contributed by atoms with van der Waals surface area (Å²) in [6.45, 7) is 1.50. The van der Waals surface area contributed by atoms with Crippen molar-refractivity contribution in [3.8, 4) is 0 Å². The van der Waals surface area contributed by atoms with Gasteiger partial charge in [0, 0.05) is 12.0 Å². The van der Waals surface area contributed by atoms with E-state index in [1.165, 1.54) is 6.07 Å². The molecule has 2 aliphatic rings. The maximum absolute atomic E-state index is 13.8. The van der Waals surface area contributed by atoms with Crippen LogP contribution in [0.4, 0.5) is 17.6 Å². The zero-order valence-electron chi connectivity index (χ0n) is 8.94. The molecule has 0 amide bonds. The monoisotopic (exact) mass is 245 g/mol. The second-order valence-electron chi connectivity index (χ2n) is 4.88. The Morgan fingerprint density at radius 2 is 2.06 bits per heavy atom. The van der Waals surface area contributed by atoms with Crippen LogP contribution in [0.1, 0.15) is 17.5 Å². The van der Waals surface area contributed by atoms with Gasteiger partial charge >= 0.3 is 6.18 Å². The molecule has 1 nitrogen and oxygen atoms in total. The van der Waals surface area contributed by atoms with Gasteiger partial charge < -0.3 is 5.32 Å². The Morgan fingerprint density at radius 3 is 2.53 bits per heavy atom. The summed E-state index contributed by atoms with van der Waals surface area (Å²) in [5, 5.41) is 3.14. The Kier molecular flexibility index (Phi) is 2.09. The van der Waals surface area contributed by atoms with E-state index in [4.69, 9.17) is 0 Å². The first kappa shape index (κ1) is 11.0. The fourth-order valence-electron chi connectivity index (χ4n) is 2.85. The number of piperidine rings is 1. The SMILES string of the molecule is Fc1cc(C(F)(F)F)ccc1C12CNC[C@H]1C2. The first-order chi connectivity index (χ1) is 7.93. The molecule has 1 N–H and O–H groups in total. The molecule has 1 saturated carbocycles. The smallest absolute Gasteiger partial charge is 0.316 e. The normalized spacial score (nSPS) is 31.4. The van der Waals surface area contributed by atoms with Gasteiger partial charge in [-0.2, -0.15) is 13.2 Å². The maximum Gasteiger partial charge on any atom is 0.416 e. The van der Waals surface area contributed by atoms with Crippen molar-refractivity contribution in [2.24, 2.45) is 5.92 Å². The van der Waals surface area contributed by atoms with E-state index in [-0.39, 0.29) is 5.41 Å². The predicted octanol–water partition coefficient (Wildman–Crippen LogP) is 2.71. The van der Waals surface area contributed by atoms with E-state index in [0.717, 1.165) is 19.0 Å². The second-order valence-corrected chi connectivity index (χ2v) is 4.88. The van der Waals surface area contributed by atoms with E-state index in [1.54, 1.807) is 0 Å². The molecule has 1 unspecified atom stereocenters. The summed E-state index contributed by atoms with van der Waals surface area (Å²) < 4.78 is 51.0. The topological polar surface area (TPSA) is 12.0 Å². The molecular weight excluding hydrogens is 234 g/mol. The number of rotatable bonds is 1. The van der Waals surface area contributed by atoms with Crippen molar-refractivity contribution >= 4 is 0 Å². The summed E-state index contributed by atoms with van der Waals surface area (Å²) in [5.41, 5.74) is -0.729. The fraction of sp³-hybridized carbons (Fsp3) is 0.500. The molecule has 1 heterocycles. The van der Waals surface area contributed by atoms with Gasteiger partial charge in [-0.25, -0.2) is 4.39 Å². The minimum atomic E-state index is -4.48. The lowest BCUT2D eigenvalue weighted by Gasteiger charge is -2.15. The van der Waals surface area contributed by atoms with Crippen molar-refractivity contribution in [1.82, 2.24) is 5.32 Å². The molecule has 0 bridgehead atoms. The fourth-order valence-corrected chi connectivity index (χ4v) is 2.85. The third kappa shape index (κ3) is 1.56. The van der Waals surface area contributed by atoms with Crippen molar-refractivity contribution in [3.05, 3.63) is 35.1 Å². The standard InChI is InChI=1S/C12H11F4N/c13-10-3-7(12(14,15)16)1-2-9(10)11-4-8(11)5-17-6-11/h1-3,8,17H,4-6H2/t8-,11?/m1/s1. The molecule has 1 saturated heterocycles. The molecule has 0 spiro atoms. The minimum Gasteiger partial charge on any atom is -0.316 e. The number of nitrogens with one attached hydrogen (secondary N) is 1. The van der Waals surface area contributed by atoms with Crippen LogP contribution in [0.15, 0.2) is 18.2 Å². The van der Waals surface area contributed by atoms with Gasteiger partial charge in [0.25, 0.3) is 0 Å². The zero-order chi connectivity index (χ0) is 12.3. The van der Waals surface area contributed by atoms with E-state index in [2.05, 4.69) is 5.32 Å². The summed E-state index contributed by atoms with van der Waals surface area (Å²) in [6, 6.07) is 2.88. The van der Waals surface area contributed by atoms with Gasteiger partial charge in [-0.3, -0.25) is 0 Å². The Morgan fingerprint density at radius 1 is 1.29 bits per heavy atom. The van der Waals surface area contributed by atoms with Crippen LogP contribution < -0.4 is 5.32 Å². The van der Waals surface area contributed by atoms with Gasteiger partial charge in [0.05, 0.1) is 5.56 Å². The lowest BCUT2D eigenvalue weighted by atomic mass is 9.93. The lowest BCUT2D eigenvalue weighted by Crippen LogP contribution is -2.20. The minimum absolute atomic E-state index is 0.242. The van der Waals surface area contributed by atoms with Crippen molar-refractivity contribution in [2.45, 2.75) is 18.0 Å². The third-order valence-electron chi connectivity index (χ3n) is 3.90. The van der Waals surface area contributed by atoms with Crippen LogP contribution >= 0.6 is 0 Å². The van der Waals surface area contributed by atoms with Crippen LogP contribution in [0.25, 0.3) is 0 Å². The van der Waals surface area contributed by atoms with E-state index in [1.807, 2.05) is 0 Å². The lowest BCUT2D eigenvalue weighted by molar-refractivity contribution is -0.137. The van der Waals surface area contributed by atoms with Gasteiger partial charge in [0.2, 0.25) is 0 Å². The molecule has 1 aromatic carbocycles. The number of alkyl halides is 3. The largest absolute Gasteiger partial charge is 0.416 e. The molecular formula is C12H11F4N. The quantitative estimate of drug-likeness (QED) is 0.750. The van der Waals surface area contributed by atoms with Gasteiger partial charge in [-0.05, 0) is 36.6 Å². The number of hydrogen-bond donors (Lipinski definition) is 1. The maximum atomic E-state index is 13.8. The average Bonchev–Trinajstić information content (AvgIpc) is 2.80. The first-order valence-corrected chi connectivity index (χ1v) is 5.51.